The SMILES string of the molecule is O=C1C(=Cc2cccc(-c3ccc(Cl)c(Cl)c3)n2)SC(=S)N1CCCCCc1nn[nH]n1. The van der Waals surface area contributed by atoms with Crippen molar-refractivity contribution >= 4 is 63.5 Å². The molecule has 4 rings (SSSR count). The van der Waals surface area contributed by atoms with E-state index in [1.807, 2.05) is 24.3 Å². The number of aryl methyl sites for hydroxylation is 1. The number of hydrogen-bond acceptors (Lipinski definition) is 7. The fourth-order valence-electron chi connectivity index (χ4n) is 3.19. The van der Waals surface area contributed by atoms with Gasteiger partial charge in [-0.1, -0.05) is 70.9 Å². The van der Waals surface area contributed by atoms with Crippen molar-refractivity contribution in [3.05, 3.63) is 62.9 Å². The number of amides is 1. The van der Waals surface area contributed by atoms with E-state index in [1.54, 1.807) is 23.1 Å². The van der Waals surface area contributed by atoms with Crippen molar-refractivity contribution in [3.63, 3.8) is 0 Å². The van der Waals surface area contributed by atoms with Gasteiger partial charge >= 0.3 is 0 Å². The Balaban J connectivity index is 1.38. The van der Waals surface area contributed by atoms with E-state index in [2.05, 4.69) is 25.6 Å². The van der Waals surface area contributed by atoms with Crippen molar-refractivity contribution < 1.29 is 4.79 Å². The molecule has 2 aromatic heterocycles. The van der Waals surface area contributed by atoms with Gasteiger partial charge in [0.05, 0.1) is 26.3 Å². The van der Waals surface area contributed by atoms with Crippen molar-refractivity contribution in [2.75, 3.05) is 6.54 Å². The number of carbonyl (C=O) groups is 1. The van der Waals surface area contributed by atoms with Crippen molar-refractivity contribution in [3.8, 4) is 11.3 Å². The zero-order valence-corrected chi connectivity index (χ0v) is 19.9. The van der Waals surface area contributed by atoms with Crippen LogP contribution in [0, 0.1) is 0 Å². The summed E-state index contributed by atoms with van der Waals surface area (Å²) in [7, 11) is 0. The molecule has 1 aliphatic rings. The molecule has 0 bridgehead atoms. The van der Waals surface area contributed by atoms with Crippen LogP contribution < -0.4 is 0 Å². The number of halogens is 2. The number of aromatic amines is 1. The Labute approximate surface area is 204 Å². The first-order valence-electron chi connectivity index (χ1n) is 9.91. The van der Waals surface area contributed by atoms with Gasteiger partial charge in [0, 0.05) is 18.5 Å². The summed E-state index contributed by atoms with van der Waals surface area (Å²) in [6, 6.07) is 11.0. The summed E-state index contributed by atoms with van der Waals surface area (Å²) >= 11 is 18.9. The van der Waals surface area contributed by atoms with E-state index in [1.165, 1.54) is 11.8 Å². The molecule has 0 unspecified atom stereocenters. The van der Waals surface area contributed by atoms with E-state index in [-0.39, 0.29) is 5.91 Å². The second-order valence-corrected chi connectivity index (χ2v) is 9.54. The zero-order chi connectivity index (χ0) is 22.5. The van der Waals surface area contributed by atoms with E-state index in [0.717, 1.165) is 36.9 Å². The second kappa shape index (κ2) is 10.5. The van der Waals surface area contributed by atoms with Gasteiger partial charge in [-0.2, -0.15) is 5.21 Å². The summed E-state index contributed by atoms with van der Waals surface area (Å²) in [5.41, 5.74) is 2.27. The highest BCUT2D eigenvalue weighted by molar-refractivity contribution is 8.26. The second-order valence-electron chi connectivity index (χ2n) is 7.05. The largest absolute Gasteiger partial charge is 0.293 e. The minimum atomic E-state index is -0.0834. The lowest BCUT2D eigenvalue weighted by atomic mass is 10.1. The van der Waals surface area contributed by atoms with E-state index >= 15 is 0 Å². The summed E-state index contributed by atoms with van der Waals surface area (Å²) in [6.07, 6.45) is 5.25. The molecular formula is C21H18Cl2N6OS2. The number of aromatic nitrogens is 5. The molecule has 3 aromatic rings. The Hall–Kier alpha value is -2.33. The van der Waals surface area contributed by atoms with Crippen LogP contribution >= 0.6 is 47.2 Å². The number of hydrogen-bond donors (Lipinski definition) is 1. The maximum absolute atomic E-state index is 12.9. The molecule has 7 nitrogen and oxygen atoms in total. The molecule has 1 aliphatic heterocycles. The highest BCUT2D eigenvalue weighted by atomic mass is 35.5. The fourth-order valence-corrected chi connectivity index (χ4v) is 4.78. The third kappa shape index (κ3) is 5.53. The van der Waals surface area contributed by atoms with E-state index in [9.17, 15) is 4.79 Å². The molecule has 1 fully saturated rings. The van der Waals surface area contributed by atoms with Crippen molar-refractivity contribution in [1.29, 1.82) is 0 Å². The number of nitrogens with one attached hydrogen (secondary N) is 1. The molecule has 0 spiro atoms. The van der Waals surface area contributed by atoms with Gasteiger partial charge in [0.1, 0.15) is 4.32 Å². The average molecular weight is 505 g/mol. The number of rotatable bonds is 8. The number of nitrogens with zero attached hydrogens (tertiary/aromatic N) is 5. The third-order valence-corrected chi connectivity index (χ3v) is 6.93. The molecule has 3 heterocycles. The van der Waals surface area contributed by atoms with E-state index in [0.29, 0.717) is 37.3 Å². The van der Waals surface area contributed by atoms with Crippen molar-refractivity contribution in [1.82, 2.24) is 30.5 Å². The Bertz CT molecular complexity index is 1170. The number of benzene rings is 1. The summed E-state index contributed by atoms with van der Waals surface area (Å²) in [6.45, 7) is 0.588. The van der Waals surface area contributed by atoms with Gasteiger partial charge in [-0.25, -0.2) is 4.98 Å². The molecule has 32 heavy (non-hydrogen) atoms. The summed E-state index contributed by atoms with van der Waals surface area (Å²) < 4.78 is 0.569. The lowest BCUT2D eigenvalue weighted by Gasteiger charge is -2.13. The van der Waals surface area contributed by atoms with Crippen LogP contribution in [0.5, 0.6) is 0 Å². The predicted molar refractivity (Wildman–Crippen MR) is 131 cm³/mol. The number of thioether (sulfide) groups is 1. The van der Waals surface area contributed by atoms with Crippen LogP contribution in [0.2, 0.25) is 10.0 Å². The molecule has 1 amide bonds. The first kappa shape index (κ1) is 22.8. The smallest absolute Gasteiger partial charge is 0.266 e. The van der Waals surface area contributed by atoms with E-state index < -0.39 is 0 Å². The minimum Gasteiger partial charge on any atom is -0.293 e. The normalized spacial score (nSPS) is 15.2. The van der Waals surface area contributed by atoms with E-state index in [4.69, 9.17) is 35.4 Å². The summed E-state index contributed by atoms with van der Waals surface area (Å²) in [4.78, 5) is 19.7. The summed E-state index contributed by atoms with van der Waals surface area (Å²) in [5, 5.41) is 14.8. The molecule has 11 heteroatoms. The van der Waals surface area contributed by atoms with Crippen LogP contribution in [-0.4, -0.2) is 47.3 Å². The average Bonchev–Trinajstić information content (AvgIpc) is 3.39. The first-order chi connectivity index (χ1) is 15.5. The van der Waals surface area contributed by atoms with Gasteiger partial charge in [0.25, 0.3) is 5.91 Å². The van der Waals surface area contributed by atoms with Crippen LogP contribution in [0.3, 0.4) is 0 Å². The van der Waals surface area contributed by atoms with Crippen molar-refractivity contribution in [2.24, 2.45) is 0 Å². The monoisotopic (exact) mass is 504 g/mol. The Morgan fingerprint density at radius 2 is 2.00 bits per heavy atom. The quantitative estimate of drug-likeness (QED) is 0.256. The number of pyridine rings is 1. The van der Waals surface area contributed by atoms with Crippen LogP contribution in [0.15, 0.2) is 41.3 Å². The molecule has 0 aliphatic carbocycles. The molecule has 1 saturated heterocycles. The van der Waals surface area contributed by atoms with Gasteiger partial charge in [-0.05, 0) is 43.2 Å². The summed E-state index contributed by atoms with van der Waals surface area (Å²) in [5.74, 6) is 0.619. The Morgan fingerprint density at radius 1 is 1.12 bits per heavy atom. The topological polar surface area (TPSA) is 87.7 Å². The number of thiocarbonyl (C=S) groups is 1. The number of tetrazole rings is 1. The molecule has 0 radical (unpaired) electrons. The molecule has 164 valence electrons. The van der Waals surface area contributed by atoms with Crippen LogP contribution in [0.25, 0.3) is 17.3 Å². The molecule has 0 saturated carbocycles. The maximum atomic E-state index is 12.9. The zero-order valence-electron chi connectivity index (χ0n) is 16.8. The van der Waals surface area contributed by atoms with Crippen molar-refractivity contribution in [2.45, 2.75) is 25.7 Å². The Morgan fingerprint density at radius 3 is 2.78 bits per heavy atom. The lowest BCUT2D eigenvalue weighted by molar-refractivity contribution is -0.122. The number of H-pyrrole nitrogens is 1. The van der Waals surface area contributed by atoms with Gasteiger partial charge < -0.3 is 0 Å². The highest BCUT2D eigenvalue weighted by Gasteiger charge is 2.31. The molecule has 1 aromatic carbocycles. The molecule has 1 N–H and O–H groups in total. The van der Waals surface area contributed by atoms with Gasteiger partial charge in [-0.15, -0.1) is 10.2 Å². The van der Waals surface area contributed by atoms with Gasteiger partial charge in [-0.3, -0.25) is 9.69 Å². The van der Waals surface area contributed by atoms with Gasteiger partial charge in [0.15, 0.2) is 5.82 Å². The molecule has 0 atom stereocenters. The van der Waals surface area contributed by atoms with Crippen LogP contribution in [-0.2, 0) is 11.2 Å². The lowest BCUT2D eigenvalue weighted by Crippen LogP contribution is -2.29. The molecular weight excluding hydrogens is 487 g/mol. The minimum absolute atomic E-state index is 0.0834. The predicted octanol–water partition coefficient (Wildman–Crippen LogP) is 5.18. The third-order valence-electron chi connectivity index (χ3n) is 4.81. The number of unbranched alkanes of at least 4 members (excludes halogenated alkanes) is 2. The Kier molecular flexibility index (Phi) is 7.51. The first-order valence-corrected chi connectivity index (χ1v) is 11.9. The fraction of sp³-hybridized carbons (Fsp3) is 0.238. The maximum Gasteiger partial charge on any atom is 0.266 e. The van der Waals surface area contributed by atoms with Gasteiger partial charge in [0.2, 0.25) is 0 Å². The number of carbonyl (C=O) groups excluding carboxylic acids is 1. The highest BCUT2D eigenvalue weighted by Crippen LogP contribution is 2.33. The standard InChI is InChI=1S/C21H18Cl2N6OS2/c22-15-9-8-13(11-16(15)23)17-6-4-5-14(24-17)12-18-20(30)29(21(31)32-18)10-3-1-2-7-19-25-27-28-26-19/h4-6,8-9,11-12H,1-3,7,10H2,(H,25,26,27,28). The van der Waals surface area contributed by atoms with Crippen LogP contribution in [0.1, 0.15) is 30.8 Å². The van der Waals surface area contributed by atoms with Crippen LogP contribution in [0.4, 0.5) is 0 Å².